The van der Waals surface area contributed by atoms with Crippen LogP contribution < -0.4 is 0 Å². The topological polar surface area (TPSA) is 15.5 Å². The fourth-order valence-electron chi connectivity index (χ4n) is 6.29. The highest BCUT2D eigenvalue weighted by Crippen LogP contribution is 2.32. The van der Waals surface area contributed by atoms with Crippen molar-refractivity contribution in [1.82, 2.24) is 4.90 Å². The highest BCUT2D eigenvalue weighted by atomic mass is 16.5. The van der Waals surface area contributed by atoms with E-state index in [2.05, 4.69) is 46.7 Å². The number of likely N-dealkylation sites (tertiary alicyclic amines) is 1. The predicted molar refractivity (Wildman–Crippen MR) is 135 cm³/mol. The molecule has 2 heterocycles. The van der Waals surface area contributed by atoms with Crippen molar-refractivity contribution in [2.45, 2.75) is 102 Å². The third kappa shape index (κ3) is 6.83. The van der Waals surface area contributed by atoms with Crippen LogP contribution in [0.5, 0.6) is 0 Å². The summed E-state index contributed by atoms with van der Waals surface area (Å²) in [5.41, 5.74) is 1.54. The first-order chi connectivity index (χ1) is 15.8. The summed E-state index contributed by atoms with van der Waals surface area (Å²) in [4.78, 5) is 2.68. The lowest BCUT2D eigenvalue weighted by Gasteiger charge is -2.32. The summed E-state index contributed by atoms with van der Waals surface area (Å²) in [5, 5.41) is 0. The molecule has 3 nitrogen and oxygen atoms in total. The molecular weight excluding hydrogens is 392 g/mol. The minimum absolute atomic E-state index is 0.758. The van der Waals surface area contributed by atoms with Gasteiger partial charge in [0.25, 0.3) is 0 Å². The van der Waals surface area contributed by atoms with E-state index in [9.17, 15) is 0 Å². The molecule has 2 atom stereocenters. The summed E-state index contributed by atoms with van der Waals surface area (Å²) in [7, 11) is 0. The molecule has 32 heavy (non-hydrogen) atoms. The first-order valence-corrected chi connectivity index (χ1v) is 13.9. The number of fused-ring (bicyclic) bond motifs is 2. The lowest BCUT2D eigenvalue weighted by Crippen LogP contribution is -2.40. The highest BCUT2D eigenvalue weighted by molar-refractivity contribution is 5.71. The molecule has 4 rings (SSSR count). The molecule has 2 unspecified atom stereocenters. The Morgan fingerprint density at radius 1 is 0.938 bits per heavy atom. The molecule has 1 aliphatic carbocycles. The Hall–Kier alpha value is -1.35. The Kier molecular flexibility index (Phi) is 9.50. The van der Waals surface area contributed by atoms with Crippen LogP contribution in [0.15, 0.2) is 30.3 Å². The van der Waals surface area contributed by atoms with Crippen LogP contribution in [-0.2, 0) is 4.74 Å². The largest absolute Gasteiger partial charge is 0.448 e. The normalized spacial score (nSPS) is 25.0. The number of nitrogens with zero attached hydrogens (tertiary/aromatic N) is 2. The molecule has 1 saturated heterocycles. The summed E-state index contributed by atoms with van der Waals surface area (Å²) in [6.07, 6.45) is 17.3. The molecule has 2 aliphatic heterocycles. The molecular formula is C29H47N2O+. The maximum absolute atomic E-state index is 6.51. The average Bonchev–Trinajstić information content (AvgIpc) is 3.03. The Bertz CT molecular complexity index is 692. The number of hydrogen-bond acceptors (Lipinski definition) is 2. The molecule has 3 heteroatoms. The van der Waals surface area contributed by atoms with Crippen molar-refractivity contribution in [3.8, 4) is 0 Å². The van der Waals surface area contributed by atoms with Gasteiger partial charge in [-0.05, 0) is 82.0 Å². The summed E-state index contributed by atoms with van der Waals surface area (Å²) in [6, 6.07) is 11.9. The molecule has 1 aromatic carbocycles. The van der Waals surface area contributed by atoms with Crippen LogP contribution in [0, 0.1) is 5.92 Å². The van der Waals surface area contributed by atoms with E-state index in [1.807, 2.05) is 0 Å². The summed E-state index contributed by atoms with van der Waals surface area (Å²) in [5.74, 6) is 3.00. The zero-order valence-electron chi connectivity index (χ0n) is 20.6. The van der Waals surface area contributed by atoms with Gasteiger partial charge in [-0.3, -0.25) is 0 Å². The monoisotopic (exact) mass is 439 g/mol. The van der Waals surface area contributed by atoms with E-state index in [0.29, 0.717) is 0 Å². The van der Waals surface area contributed by atoms with Gasteiger partial charge in [0.2, 0.25) is 0 Å². The van der Waals surface area contributed by atoms with Crippen molar-refractivity contribution >= 4 is 5.90 Å². The first kappa shape index (κ1) is 23.8. The van der Waals surface area contributed by atoms with Crippen LogP contribution >= 0.6 is 0 Å². The Morgan fingerprint density at radius 3 is 2.56 bits per heavy atom. The van der Waals surface area contributed by atoms with Gasteiger partial charge in [0.15, 0.2) is 6.04 Å². The Morgan fingerprint density at radius 2 is 1.75 bits per heavy atom. The zero-order chi connectivity index (χ0) is 22.0. The molecule has 3 aliphatic rings. The van der Waals surface area contributed by atoms with E-state index < -0.39 is 0 Å². The third-order valence-electron chi connectivity index (χ3n) is 8.23. The standard InChI is InChI=1S/C29H47N2O/c1-2-3-9-19-31-28-15-8-7-12-25(23-28)24-29(31)32-22-11-10-18-30-20-16-27(17-21-30)26-13-5-4-6-14-26/h4-6,13-14,25,27-28H,2-3,7-12,15-24H2,1H3/q+1. The van der Waals surface area contributed by atoms with Crippen molar-refractivity contribution in [3.63, 3.8) is 0 Å². The number of piperidine rings is 1. The van der Waals surface area contributed by atoms with Gasteiger partial charge in [-0.25, -0.2) is 0 Å². The van der Waals surface area contributed by atoms with E-state index in [1.54, 1.807) is 0 Å². The summed E-state index contributed by atoms with van der Waals surface area (Å²) >= 11 is 0. The van der Waals surface area contributed by atoms with Crippen molar-refractivity contribution in [1.29, 1.82) is 0 Å². The number of rotatable bonds is 10. The van der Waals surface area contributed by atoms with Gasteiger partial charge >= 0.3 is 5.90 Å². The van der Waals surface area contributed by atoms with Crippen LogP contribution in [0.4, 0.5) is 0 Å². The maximum Gasteiger partial charge on any atom is 0.336 e. The first-order valence-electron chi connectivity index (χ1n) is 13.9. The van der Waals surface area contributed by atoms with Crippen molar-refractivity contribution in [2.75, 3.05) is 32.8 Å². The summed E-state index contributed by atoms with van der Waals surface area (Å²) in [6.45, 7) is 8.20. The zero-order valence-corrected chi connectivity index (χ0v) is 20.6. The van der Waals surface area contributed by atoms with Gasteiger partial charge in [-0.2, -0.15) is 4.58 Å². The lowest BCUT2D eigenvalue weighted by molar-refractivity contribution is -0.582. The Balaban J connectivity index is 1.18. The molecule has 178 valence electrons. The van der Waals surface area contributed by atoms with Crippen LogP contribution in [0.3, 0.4) is 0 Å². The van der Waals surface area contributed by atoms with E-state index in [4.69, 9.17) is 4.74 Å². The summed E-state index contributed by atoms with van der Waals surface area (Å²) < 4.78 is 9.21. The maximum atomic E-state index is 6.51. The van der Waals surface area contributed by atoms with Gasteiger partial charge in [0, 0.05) is 19.3 Å². The van der Waals surface area contributed by atoms with Crippen LogP contribution in [-0.4, -0.2) is 54.2 Å². The average molecular weight is 440 g/mol. The molecule has 2 bridgehead atoms. The molecule has 0 amide bonds. The molecule has 0 N–H and O–H groups in total. The highest BCUT2D eigenvalue weighted by Gasteiger charge is 2.37. The number of ether oxygens (including phenoxy) is 1. The van der Waals surface area contributed by atoms with Gasteiger partial charge in [0.05, 0.1) is 13.0 Å². The molecule has 0 aromatic heterocycles. The van der Waals surface area contributed by atoms with Gasteiger partial charge in [-0.1, -0.05) is 50.1 Å². The molecule has 2 fully saturated rings. The third-order valence-corrected chi connectivity index (χ3v) is 8.23. The number of unbranched alkanes of at least 4 members (excludes halogenated alkanes) is 3. The van der Waals surface area contributed by atoms with E-state index in [1.165, 1.54) is 121 Å². The van der Waals surface area contributed by atoms with Gasteiger partial charge in [-0.15, -0.1) is 0 Å². The van der Waals surface area contributed by atoms with Crippen molar-refractivity contribution < 1.29 is 9.31 Å². The van der Waals surface area contributed by atoms with Gasteiger partial charge < -0.3 is 9.64 Å². The van der Waals surface area contributed by atoms with E-state index >= 15 is 0 Å². The van der Waals surface area contributed by atoms with Crippen LogP contribution in [0.1, 0.15) is 102 Å². The van der Waals surface area contributed by atoms with Crippen LogP contribution in [0.2, 0.25) is 0 Å². The predicted octanol–water partition coefficient (Wildman–Crippen LogP) is 6.62. The molecule has 0 spiro atoms. The lowest BCUT2D eigenvalue weighted by atomic mass is 9.89. The van der Waals surface area contributed by atoms with E-state index in [0.717, 1.165) is 24.5 Å². The molecule has 1 saturated carbocycles. The Labute approximate surface area is 197 Å². The fraction of sp³-hybridized carbons (Fsp3) is 0.759. The second-order valence-corrected chi connectivity index (χ2v) is 10.6. The molecule has 0 radical (unpaired) electrons. The van der Waals surface area contributed by atoms with Gasteiger partial charge in [0.1, 0.15) is 6.54 Å². The minimum atomic E-state index is 0.758. The quantitative estimate of drug-likeness (QED) is 0.301. The van der Waals surface area contributed by atoms with Crippen molar-refractivity contribution in [2.24, 2.45) is 5.92 Å². The second kappa shape index (κ2) is 12.8. The van der Waals surface area contributed by atoms with Crippen molar-refractivity contribution in [3.05, 3.63) is 35.9 Å². The fourth-order valence-corrected chi connectivity index (χ4v) is 6.29. The van der Waals surface area contributed by atoms with Crippen LogP contribution in [0.25, 0.3) is 0 Å². The number of hydrogen-bond donors (Lipinski definition) is 0. The molecule has 1 aromatic rings. The minimum Gasteiger partial charge on any atom is -0.448 e. The smallest absolute Gasteiger partial charge is 0.336 e. The second-order valence-electron chi connectivity index (χ2n) is 10.6. The SMILES string of the molecule is CCCCC[N+]1=C(OCCCCN2CCC(c3ccccc3)CC2)CC2CCCCC1C2. The number of benzene rings is 1. The van der Waals surface area contributed by atoms with E-state index in [-0.39, 0.29) is 0 Å².